The van der Waals surface area contributed by atoms with E-state index in [1.165, 1.54) is 0 Å². The standard InChI is InChI=1S/C21H34N4O3.HI/c1-15(2)25(20(26)28-21(3,4)5)13-8-12-23-19(22)24-17-11-14-27-18-10-7-6-9-16(17)18;/h6-7,9-10,15,17H,8,11-14H2,1-5H3,(H3,22,23,24);1H. The Kier molecular flexibility index (Phi) is 10.0. The highest BCUT2D eigenvalue weighted by Gasteiger charge is 2.24. The molecule has 1 amide bonds. The number of benzene rings is 1. The molecule has 1 aliphatic rings. The van der Waals surface area contributed by atoms with E-state index in [0.29, 0.717) is 32.1 Å². The lowest BCUT2D eigenvalue weighted by atomic mass is 10.0. The topological polar surface area (TPSA) is 89.2 Å². The van der Waals surface area contributed by atoms with Gasteiger partial charge in [-0.25, -0.2) is 4.79 Å². The van der Waals surface area contributed by atoms with Gasteiger partial charge in [0.05, 0.1) is 12.6 Å². The second-order valence-electron chi connectivity index (χ2n) is 8.26. The molecule has 1 aromatic rings. The fourth-order valence-corrected chi connectivity index (χ4v) is 3.04. The smallest absolute Gasteiger partial charge is 0.410 e. The molecular formula is C21H35IN4O3. The van der Waals surface area contributed by atoms with Gasteiger partial charge in [-0.1, -0.05) is 18.2 Å². The van der Waals surface area contributed by atoms with Gasteiger partial charge in [0.25, 0.3) is 0 Å². The number of nitrogens with two attached hydrogens (primary N) is 1. The van der Waals surface area contributed by atoms with Crippen LogP contribution in [0.15, 0.2) is 29.3 Å². The third-order valence-electron chi connectivity index (χ3n) is 4.37. The van der Waals surface area contributed by atoms with Gasteiger partial charge in [0.15, 0.2) is 5.96 Å². The minimum absolute atomic E-state index is 0. The van der Waals surface area contributed by atoms with Crippen molar-refractivity contribution < 1.29 is 14.3 Å². The van der Waals surface area contributed by atoms with Gasteiger partial charge >= 0.3 is 6.09 Å². The Bertz CT molecular complexity index is 689. The van der Waals surface area contributed by atoms with E-state index in [-0.39, 0.29) is 42.2 Å². The van der Waals surface area contributed by atoms with Gasteiger partial charge in [-0.2, -0.15) is 0 Å². The minimum atomic E-state index is -0.503. The largest absolute Gasteiger partial charge is 0.493 e. The second kappa shape index (κ2) is 11.5. The van der Waals surface area contributed by atoms with Crippen molar-refractivity contribution >= 4 is 36.0 Å². The summed E-state index contributed by atoms with van der Waals surface area (Å²) >= 11 is 0. The van der Waals surface area contributed by atoms with Gasteiger partial charge in [0.1, 0.15) is 11.4 Å². The third-order valence-corrected chi connectivity index (χ3v) is 4.37. The summed E-state index contributed by atoms with van der Waals surface area (Å²) in [6.45, 7) is 11.3. The van der Waals surface area contributed by atoms with E-state index in [9.17, 15) is 4.79 Å². The van der Waals surface area contributed by atoms with Crippen LogP contribution in [0.2, 0.25) is 0 Å². The zero-order chi connectivity index (χ0) is 20.7. The van der Waals surface area contributed by atoms with E-state index in [4.69, 9.17) is 15.2 Å². The first-order valence-corrected chi connectivity index (χ1v) is 9.95. The van der Waals surface area contributed by atoms with Crippen LogP contribution in [0.5, 0.6) is 5.75 Å². The van der Waals surface area contributed by atoms with Gasteiger partial charge in [-0.3, -0.25) is 4.99 Å². The molecule has 1 atom stereocenters. The molecule has 1 aromatic carbocycles. The number of carbonyl (C=O) groups is 1. The number of ether oxygens (including phenoxy) is 2. The molecule has 7 nitrogen and oxygen atoms in total. The zero-order valence-electron chi connectivity index (χ0n) is 18.1. The number of nitrogens with zero attached hydrogens (tertiary/aromatic N) is 2. The lowest BCUT2D eigenvalue weighted by molar-refractivity contribution is 0.0190. The quantitative estimate of drug-likeness (QED) is 0.257. The van der Waals surface area contributed by atoms with Crippen molar-refractivity contribution in [2.75, 3.05) is 19.7 Å². The predicted molar refractivity (Wildman–Crippen MR) is 127 cm³/mol. The molecule has 164 valence electrons. The number of rotatable bonds is 6. The summed E-state index contributed by atoms with van der Waals surface area (Å²) in [5, 5.41) is 3.28. The maximum Gasteiger partial charge on any atom is 0.410 e. The van der Waals surface area contributed by atoms with Gasteiger partial charge in [0.2, 0.25) is 0 Å². The number of amides is 1. The van der Waals surface area contributed by atoms with Crippen LogP contribution < -0.4 is 15.8 Å². The second-order valence-corrected chi connectivity index (χ2v) is 8.26. The van der Waals surface area contributed by atoms with Gasteiger partial charge in [-0.05, 0) is 47.1 Å². The highest BCUT2D eigenvalue weighted by atomic mass is 127. The molecule has 29 heavy (non-hydrogen) atoms. The number of nitrogens with one attached hydrogen (secondary N) is 1. The number of para-hydroxylation sites is 1. The summed E-state index contributed by atoms with van der Waals surface area (Å²) in [5.41, 5.74) is 6.67. The molecule has 0 fully saturated rings. The van der Waals surface area contributed by atoms with Crippen molar-refractivity contribution in [3.8, 4) is 5.75 Å². The summed E-state index contributed by atoms with van der Waals surface area (Å²) < 4.78 is 11.1. The summed E-state index contributed by atoms with van der Waals surface area (Å²) in [5.74, 6) is 1.30. The van der Waals surface area contributed by atoms with Crippen molar-refractivity contribution in [3.05, 3.63) is 29.8 Å². The molecule has 0 aliphatic carbocycles. The van der Waals surface area contributed by atoms with Gasteiger partial charge in [0, 0.05) is 31.1 Å². The normalized spacial score (nSPS) is 16.3. The number of guanidine groups is 1. The van der Waals surface area contributed by atoms with Gasteiger partial charge < -0.3 is 25.4 Å². The first-order valence-electron chi connectivity index (χ1n) is 9.95. The van der Waals surface area contributed by atoms with Crippen LogP contribution in [0.4, 0.5) is 4.79 Å². The average Bonchev–Trinajstić information content (AvgIpc) is 2.60. The molecule has 0 spiro atoms. The Hall–Kier alpha value is -1.71. The molecular weight excluding hydrogens is 483 g/mol. The number of aliphatic imine (C=N–C) groups is 1. The van der Waals surface area contributed by atoms with Crippen molar-refractivity contribution in [1.29, 1.82) is 0 Å². The maximum absolute atomic E-state index is 12.3. The number of fused-ring (bicyclic) bond motifs is 1. The van der Waals surface area contributed by atoms with Crippen molar-refractivity contribution in [3.63, 3.8) is 0 Å². The molecule has 0 bridgehead atoms. The molecule has 2 rings (SSSR count). The summed E-state index contributed by atoms with van der Waals surface area (Å²) in [6.07, 6.45) is 1.26. The van der Waals surface area contributed by atoms with E-state index in [1.54, 1.807) is 4.90 Å². The van der Waals surface area contributed by atoms with Crippen LogP contribution >= 0.6 is 24.0 Å². The van der Waals surface area contributed by atoms with Crippen LogP contribution in [-0.2, 0) is 4.74 Å². The van der Waals surface area contributed by atoms with Gasteiger partial charge in [-0.15, -0.1) is 24.0 Å². The molecule has 8 heteroatoms. The predicted octanol–water partition coefficient (Wildman–Crippen LogP) is 4.07. The van der Waals surface area contributed by atoms with Crippen LogP contribution in [0.3, 0.4) is 0 Å². The number of hydrogen-bond donors (Lipinski definition) is 2. The molecule has 0 saturated heterocycles. The Balaban J connectivity index is 0.00000420. The monoisotopic (exact) mass is 518 g/mol. The first-order chi connectivity index (χ1) is 13.2. The number of halogens is 1. The first kappa shape index (κ1) is 25.3. The maximum atomic E-state index is 12.3. The lowest BCUT2D eigenvalue weighted by Gasteiger charge is -2.30. The van der Waals surface area contributed by atoms with E-state index in [2.05, 4.69) is 10.3 Å². The van der Waals surface area contributed by atoms with Crippen molar-refractivity contribution in [2.45, 2.75) is 65.1 Å². The molecule has 1 unspecified atom stereocenters. The van der Waals surface area contributed by atoms with E-state index in [1.807, 2.05) is 58.9 Å². The Morgan fingerprint density at radius 3 is 2.72 bits per heavy atom. The number of hydrogen-bond acceptors (Lipinski definition) is 4. The fraction of sp³-hybridized carbons (Fsp3) is 0.619. The highest BCUT2D eigenvalue weighted by Crippen LogP contribution is 2.31. The molecule has 0 aromatic heterocycles. The summed E-state index contributed by atoms with van der Waals surface area (Å²) in [6, 6.07) is 8.13. The molecule has 0 radical (unpaired) electrons. The number of carbonyl (C=O) groups excluding carboxylic acids is 1. The Labute approximate surface area is 191 Å². The van der Waals surface area contributed by atoms with E-state index in [0.717, 1.165) is 17.7 Å². The summed E-state index contributed by atoms with van der Waals surface area (Å²) in [4.78, 5) is 18.5. The molecule has 3 N–H and O–H groups in total. The molecule has 1 heterocycles. The SMILES string of the molecule is CC(C)N(CCCN=C(N)NC1CCOc2ccccc21)C(=O)OC(C)(C)C.I. The molecule has 1 aliphatic heterocycles. The third kappa shape index (κ3) is 8.28. The van der Waals surface area contributed by atoms with E-state index >= 15 is 0 Å². The van der Waals surface area contributed by atoms with Crippen molar-refractivity contribution in [1.82, 2.24) is 10.2 Å². The summed E-state index contributed by atoms with van der Waals surface area (Å²) in [7, 11) is 0. The van der Waals surface area contributed by atoms with E-state index < -0.39 is 5.60 Å². The van der Waals surface area contributed by atoms with Crippen molar-refractivity contribution in [2.24, 2.45) is 10.7 Å². The molecule has 0 saturated carbocycles. The zero-order valence-corrected chi connectivity index (χ0v) is 20.4. The highest BCUT2D eigenvalue weighted by molar-refractivity contribution is 14.0. The van der Waals surface area contributed by atoms with Crippen LogP contribution in [0.25, 0.3) is 0 Å². The average molecular weight is 518 g/mol. The van der Waals surface area contributed by atoms with Crippen LogP contribution in [0, 0.1) is 0 Å². The fourth-order valence-electron chi connectivity index (χ4n) is 3.04. The van der Waals surface area contributed by atoms with Crippen LogP contribution in [0.1, 0.15) is 59.1 Å². The lowest BCUT2D eigenvalue weighted by Crippen LogP contribution is -2.41. The Morgan fingerprint density at radius 2 is 2.07 bits per heavy atom. The van der Waals surface area contributed by atoms with Crippen LogP contribution in [-0.4, -0.2) is 48.3 Å². The minimum Gasteiger partial charge on any atom is -0.493 e. The Morgan fingerprint density at radius 1 is 1.38 bits per heavy atom.